The highest BCUT2D eigenvalue weighted by molar-refractivity contribution is 5.70. The number of hydrogen-bond donors (Lipinski definition) is 1. The van der Waals surface area contributed by atoms with Crippen LogP contribution in [0.4, 0.5) is 0 Å². The number of benzene rings is 1. The summed E-state index contributed by atoms with van der Waals surface area (Å²) in [5.74, 6) is -0.351. The Morgan fingerprint density at radius 2 is 2.25 bits per heavy atom. The van der Waals surface area contributed by atoms with Crippen LogP contribution in [0.3, 0.4) is 0 Å². The lowest BCUT2D eigenvalue weighted by molar-refractivity contribution is -0.144. The lowest BCUT2D eigenvalue weighted by Crippen LogP contribution is -2.29. The van der Waals surface area contributed by atoms with Gasteiger partial charge in [-0.2, -0.15) is 0 Å². The third kappa shape index (κ3) is 1.71. The molecule has 2 rings (SSSR count). The average Bonchev–Trinajstić information content (AvgIpc) is 2.52. The van der Waals surface area contributed by atoms with Crippen molar-refractivity contribution in [3.05, 3.63) is 35.4 Å². The molecule has 0 bridgehead atoms. The molecular formula is C13H16O3. The van der Waals surface area contributed by atoms with Crippen LogP contribution in [-0.4, -0.2) is 18.2 Å². The van der Waals surface area contributed by atoms with E-state index in [0.717, 1.165) is 17.5 Å². The van der Waals surface area contributed by atoms with Crippen LogP contribution < -0.4 is 0 Å². The van der Waals surface area contributed by atoms with E-state index >= 15 is 0 Å². The van der Waals surface area contributed by atoms with Gasteiger partial charge in [-0.25, -0.2) is 0 Å². The number of esters is 1. The van der Waals surface area contributed by atoms with Crippen LogP contribution in [0.1, 0.15) is 24.5 Å². The molecule has 1 aliphatic carbocycles. The van der Waals surface area contributed by atoms with Crippen molar-refractivity contribution >= 4 is 5.97 Å². The van der Waals surface area contributed by atoms with Crippen molar-refractivity contribution in [1.29, 1.82) is 0 Å². The van der Waals surface area contributed by atoms with Gasteiger partial charge in [-0.05, 0) is 24.5 Å². The SMILES string of the molecule is COC(=O)C[C@@H]1Cc2ccccc2[C@@]1(C)O. The molecule has 86 valence electrons. The largest absolute Gasteiger partial charge is 0.469 e. The van der Waals surface area contributed by atoms with E-state index in [4.69, 9.17) is 0 Å². The fourth-order valence-electron chi connectivity index (χ4n) is 2.43. The number of methoxy groups -OCH3 is 1. The fourth-order valence-corrected chi connectivity index (χ4v) is 2.43. The molecule has 0 amide bonds. The van der Waals surface area contributed by atoms with Gasteiger partial charge in [0.05, 0.1) is 19.1 Å². The molecule has 16 heavy (non-hydrogen) atoms. The van der Waals surface area contributed by atoms with Gasteiger partial charge < -0.3 is 9.84 Å². The molecular weight excluding hydrogens is 204 g/mol. The summed E-state index contributed by atoms with van der Waals surface area (Å²) >= 11 is 0. The van der Waals surface area contributed by atoms with Gasteiger partial charge in [-0.15, -0.1) is 0 Å². The van der Waals surface area contributed by atoms with E-state index in [1.165, 1.54) is 7.11 Å². The standard InChI is InChI=1S/C13H16O3/c1-13(15)10(8-12(14)16-2)7-9-5-3-4-6-11(9)13/h3-6,10,15H,7-8H2,1-2H3/t10-,13-/m0/s1. The summed E-state index contributed by atoms with van der Waals surface area (Å²) < 4.78 is 4.65. The van der Waals surface area contributed by atoms with Crippen molar-refractivity contribution in [2.75, 3.05) is 7.11 Å². The first-order chi connectivity index (χ1) is 7.55. The van der Waals surface area contributed by atoms with Crippen molar-refractivity contribution in [1.82, 2.24) is 0 Å². The van der Waals surface area contributed by atoms with Gasteiger partial charge in [0.15, 0.2) is 0 Å². The van der Waals surface area contributed by atoms with Crippen LogP contribution in [-0.2, 0) is 21.6 Å². The summed E-state index contributed by atoms with van der Waals surface area (Å²) in [6.07, 6.45) is 0.996. The Kier molecular flexibility index (Phi) is 2.72. The molecule has 0 saturated carbocycles. The molecule has 2 atom stereocenters. The van der Waals surface area contributed by atoms with E-state index in [-0.39, 0.29) is 18.3 Å². The molecule has 0 spiro atoms. The van der Waals surface area contributed by atoms with Crippen molar-refractivity contribution in [3.8, 4) is 0 Å². The van der Waals surface area contributed by atoms with Gasteiger partial charge in [0.2, 0.25) is 0 Å². The van der Waals surface area contributed by atoms with Crippen LogP contribution in [0, 0.1) is 5.92 Å². The Labute approximate surface area is 95.0 Å². The van der Waals surface area contributed by atoms with Gasteiger partial charge in [-0.1, -0.05) is 24.3 Å². The maximum Gasteiger partial charge on any atom is 0.305 e. The number of hydrogen-bond acceptors (Lipinski definition) is 3. The summed E-state index contributed by atoms with van der Waals surface area (Å²) in [7, 11) is 1.37. The average molecular weight is 220 g/mol. The lowest BCUT2D eigenvalue weighted by Gasteiger charge is -2.25. The van der Waals surface area contributed by atoms with Crippen molar-refractivity contribution in [2.45, 2.75) is 25.4 Å². The second kappa shape index (κ2) is 3.91. The minimum atomic E-state index is -0.926. The molecule has 0 aliphatic heterocycles. The molecule has 0 saturated heterocycles. The first-order valence-corrected chi connectivity index (χ1v) is 5.43. The van der Waals surface area contributed by atoms with E-state index in [0.29, 0.717) is 0 Å². The number of aliphatic hydroxyl groups is 1. The lowest BCUT2D eigenvalue weighted by atomic mass is 9.87. The third-order valence-corrected chi connectivity index (χ3v) is 3.46. The highest BCUT2D eigenvalue weighted by Gasteiger charge is 2.42. The summed E-state index contributed by atoms with van der Waals surface area (Å²) in [5, 5.41) is 10.4. The smallest absolute Gasteiger partial charge is 0.305 e. The highest BCUT2D eigenvalue weighted by atomic mass is 16.5. The quantitative estimate of drug-likeness (QED) is 0.770. The number of fused-ring (bicyclic) bond motifs is 1. The monoisotopic (exact) mass is 220 g/mol. The van der Waals surface area contributed by atoms with Crippen molar-refractivity contribution < 1.29 is 14.6 Å². The molecule has 1 N–H and O–H groups in total. The molecule has 1 aromatic rings. The number of rotatable bonds is 2. The normalized spacial score (nSPS) is 27.6. The summed E-state index contributed by atoms with van der Waals surface area (Å²) in [5.41, 5.74) is 1.13. The van der Waals surface area contributed by atoms with E-state index in [1.54, 1.807) is 6.92 Å². The molecule has 1 aliphatic rings. The second-order valence-corrected chi connectivity index (χ2v) is 4.49. The van der Waals surface area contributed by atoms with Crippen molar-refractivity contribution in [2.24, 2.45) is 5.92 Å². The molecule has 1 aromatic carbocycles. The third-order valence-electron chi connectivity index (χ3n) is 3.46. The molecule has 3 heteroatoms. The summed E-state index contributed by atoms with van der Waals surface area (Å²) in [6.45, 7) is 1.77. The first kappa shape index (κ1) is 11.1. The van der Waals surface area contributed by atoms with Crippen LogP contribution in [0.15, 0.2) is 24.3 Å². The van der Waals surface area contributed by atoms with Gasteiger partial charge >= 0.3 is 5.97 Å². The Morgan fingerprint density at radius 1 is 1.56 bits per heavy atom. The van der Waals surface area contributed by atoms with Crippen LogP contribution in [0.25, 0.3) is 0 Å². The maximum absolute atomic E-state index is 11.3. The molecule has 0 radical (unpaired) electrons. The number of carbonyl (C=O) groups excluding carboxylic acids is 1. The van der Waals surface area contributed by atoms with E-state index in [9.17, 15) is 9.90 Å². The number of carbonyl (C=O) groups is 1. The number of ether oxygens (including phenoxy) is 1. The zero-order valence-electron chi connectivity index (χ0n) is 9.56. The molecule has 0 aromatic heterocycles. The Hall–Kier alpha value is -1.35. The first-order valence-electron chi connectivity index (χ1n) is 5.43. The van der Waals surface area contributed by atoms with Gasteiger partial charge in [0.25, 0.3) is 0 Å². The fraction of sp³-hybridized carbons (Fsp3) is 0.462. The van der Waals surface area contributed by atoms with Crippen LogP contribution in [0.5, 0.6) is 0 Å². The maximum atomic E-state index is 11.3. The highest BCUT2D eigenvalue weighted by Crippen LogP contribution is 2.42. The molecule has 3 nitrogen and oxygen atoms in total. The van der Waals surface area contributed by atoms with E-state index < -0.39 is 5.60 Å². The molecule has 0 heterocycles. The van der Waals surface area contributed by atoms with Crippen molar-refractivity contribution in [3.63, 3.8) is 0 Å². The summed E-state index contributed by atoms with van der Waals surface area (Å²) in [4.78, 5) is 11.3. The summed E-state index contributed by atoms with van der Waals surface area (Å²) in [6, 6.07) is 7.79. The van der Waals surface area contributed by atoms with Crippen LogP contribution >= 0.6 is 0 Å². The predicted molar refractivity (Wildman–Crippen MR) is 59.8 cm³/mol. The predicted octanol–water partition coefficient (Wildman–Crippen LogP) is 1.63. The molecule has 0 unspecified atom stereocenters. The van der Waals surface area contributed by atoms with Gasteiger partial charge in [-0.3, -0.25) is 4.79 Å². The zero-order valence-corrected chi connectivity index (χ0v) is 9.56. The van der Waals surface area contributed by atoms with Gasteiger partial charge in [0.1, 0.15) is 0 Å². The van der Waals surface area contributed by atoms with E-state index in [1.807, 2.05) is 24.3 Å². The second-order valence-electron chi connectivity index (χ2n) is 4.49. The molecule has 0 fully saturated rings. The van der Waals surface area contributed by atoms with E-state index in [2.05, 4.69) is 4.74 Å². The van der Waals surface area contributed by atoms with Crippen LogP contribution in [0.2, 0.25) is 0 Å². The minimum absolute atomic E-state index is 0.0858. The minimum Gasteiger partial charge on any atom is -0.469 e. The Bertz CT molecular complexity index is 409. The Balaban J connectivity index is 2.25. The zero-order chi connectivity index (χ0) is 11.8. The topological polar surface area (TPSA) is 46.5 Å². The Morgan fingerprint density at radius 3 is 2.88 bits per heavy atom. The van der Waals surface area contributed by atoms with Gasteiger partial charge in [0, 0.05) is 5.92 Å².